The number of halogens is 2. The molecule has 3 aromatic rings. The first kappa shape index (κ1) is 22.5. The lowest BCUT2D eigenvalue weighted by Crippen LogP contribution is -2.14. The number of carbonyl (C=O) groups is 1. The smallest absolute Gasteiger partial charge is 0.259 e. The lowest BCUT2D eigenvalue weighted by molar-refractivity contribution is 0.0314. The van der Waals surface area contributed by atoms with Gasteiger partial charge in [0.1, 0.15) is 17.4 Å². The SMILES string of the molecule is COc1ccc(Cl)c(F)c1-c1cc(C)ncc1C(=O)Nc1nnc(CO[C@@H]2CCOC2)s1. The largest absolute Gasteiger partial charge is 0.496 e. The van der Waals surface area contributed by atoms with Crippen molar-refractivity contribution in [1.29, 1.82) is 0 Å². The Bertz CT molecular complexity index is 1140. The number of aryl methyl sites for hydroxylation is 1. The number of hydrogen-bond donors (Lipinski definition) is 1. The molecule has 0 aliphatic carbocycles. The predicted molar refractivity (Wildman–Crippen MR) is 118 cm³/mol. The molecule has 3 heterocycles. The highest BCUT2D eigenvalue weighted by Gasteiger charge is 2.23. The molecule has 1 aliphatic heterocycles. The molecule has 1 aliphatic rings. The van der Waals surface area contributed by atoms with Gasteiger partial charge in [0.15, 0.2) is 5.82 Å². The first-order chi connectivity index (χ1) is 15.5. The summed E-state index contributed by atoms with van der Waals surface area (Å²) in [6.07, 6.45) is 2.26. The second kappa shape index (κ2) is 9.86. The summed E-state index contributed by atoms with van der Waals surface area (Å²) in [6.45, 7) is 3.28. The minimum atomic E-state index is -0.683. The normalized spacial score (nSPS) is 15.7. The fourth-order valence-electron chi connectivity index (χ4n) is 3.26. The van der Waals surface area contributed by atoms with Crippen LogP contribution in [0.2, 0.25) is 5.02 Å². The molecule has 8 nitrogen and oxygen atoms in total. The van der Waals surface area contributed by atoms with E-state index in [1.165, 1.54) is 30.7 Å². The van der Waals surface area contributed by atoms with Crippen LogP contribution in [0.1, 0.15) is 27.5 Å². The fraction of sp³-hybridized carbons (Fsp3) is 0.333. The van der Waals surface area contributed by atoms with Gasteiger partial charge in [-0.1, -0.05) is 22.9 Å². The monoisotopic (exact) mass is 478 g/mol. The molecule has 1 fully saturated rings. The van der Waals surface area contributed by atoms with Crippen molar-refractivity contribution in [2.24, 2.45) is 0 Å². The van der Waals surface area contributed by atoms with Crippen molar-refractivity contribution in [3.05, 3.63) is 51.5 Å². The van der Waals surface area contributed by atoms with Gasteiger partial charge in [-0.05, 0) is 31.5 Å². The summed E-state index contributed by atoms with van der Waals surface area (Å²) in [7, 11) is 1.42. The zero-order valence-electron chi connectivity index (χ0n) is 17.4. The minimum Gasteiger partial charge on any atom is -0.496 e. The van der Waals surface area contributed by atoms with Crippen LogP contribution < -0.4 is 10.1 Å². The third-order valence-electron chi connectivity index (χ3n) is 4.85. The quantitative estimate of drug-likeness (QED) is 0.541. The van der Waals surface area contributed by atoms with Crippen molar-refractivity contribution in [3.63, 3.8) is 0 Å². The summed E-state index contributed by atoms with van der Waals surface area (Å²) in [5, 5.41) is 11.6. The molecule has 1 atom stereocenters. The fourth-order valence-corrected chi connectivity index (χ4v) is 4.08. The number of pyridine rings is 1. The summed E-state index contributed by atoms with van der Waals surface area (Å²) in [5.74, 6) is -0.948. The van der Waals surface area contributed by atoms with Gasteiger partial charge >= 0.3 is 0 Å². The van der Waals surface area contributed by atoms with E-state index < -0.39 is 11.7 Å². The van der Waals surface area contributed by atoms with Crippen molar-refractivity contribution in [2.75, 3.05) is 25.6 Å². The Labute approximate surface area is 192 Å². The van der Waals surface area contributed by atoms with Crippen molar-refractivity contribution in [2.45, 2.75) is 26.1 Å². The molecule has 0 unspecified atom stereocenters. The maximum atomic E-state index is 14.9. The van der Waals surface area contributed by atoms with Crippen LogP contribution in [-0.2, 0) is 16.1 Å². The van der Waals surface area contributed by atoms with Gasteiger partial charge in [-0.3, -0.25) is 15.1 Å². The van der Waals surface area contributed by atoms with Crippen LogP contribution in [0.4, 0.5) is 9.52 Å². The molecule has 0 spiro atoms. The standard InChI is InChI=1S/C21H20ClFN4O4S/c1-11-7-13(18-16(29-2)4-3-15(22)19(18)23)14(8-24-11)20(28)25-21-27-26-17(32-21)10-31-12-5-6-30-9-12/h3-4,7-8,12H,5-6,9-10H2,1-2H3,(H,25,27,28)/t12-/m1/s1. The van der Waals surface area contributed by atoms with Gasteiger partial charge < -0.3 is 14.2 Å². The average Bonchev–Trinajstić information content (AvgIpc) is 3.46. The van der Waals surface area contributed by atoms with E-state index in [0.717, 1.165) is 6.42 Å². The molecule has 11 heteroatoms. The van der Waals surface area contributed by atoms with E-state index in [4.69, 9.17) is 25.8 Å². The van der Waals surface area contributed by atoms with Crippen molar-refractivity contribution < 1.29 is 23.4 Å². The number of rotatable bonds is 7. The predicted octanol–water partition coefficient (Wildman–Crippen LogP) is 4.27. The number of aromatic nitrogens is 3. The van der Waals surface area contributed by atoms with Crippen LogP contribution in [0, 0.1) is 12.7 Å². The lowest BCUT2D eigenvalue weighted by atomic mass is 9.98. The van der Waals surface area contributed by atoms with Crippen molar-refractivity contribution >= 4 is 34.0 Å². The van der Waals surface area contributed by atoms with E-state index in [2.05, 4.69) is 20.5 Å². The van der Waals surface area contributed by atoms with Crippen LogP contribution in [0.5, 0.6) is 5.75 Å². The first-order valence-corrected chi connectivity index (χ1v) is 11.0. The molecular formula is C21H20ClFN4O4S. The van der Waals surface area contributed by atoms with E-state index in [1.807, 2.05) is 0 Å². The van der Waals surface area contributed by atoms with Crippen LogP contribution in [0.25, 0.3) is 11.1 Å². The number of amides is 1. The van der Waals surface area contributed by atoms with Gasteiger partial charge in [0, 0.05) is 24.1 Å². The molecule has 168 valence electrons. The summed E-state index contributed by atoms with van der Waals surface area (Å²) in [4.78, 5) is 17.2. The molecule has 1 amide bonds. The molecule has 0 saturated carbocycles. The van der Waals surface area contributed by atoms with Gasteiger partial charge in [-0.15, -0.1) is 10.2 Å². The van der Waals surface area contributed by atoms with E-state index >= 15 is 0 Å². The second-order valence-electron chi connectivity index (χ2n) is 7.06. The van der Waals surface area contributed by atoms with E-state index in [9.17, 15) is 9.18 Å². The molecule has 2 aromatic heterocycles. The molecular weight excluding hydrogens is 459 g/mol. The maximum Gasteiger partial charge on any atom is 0.259 e. The maximum absolute atomic E-state index is 14.9. The molecule has 1 aromatic carbocycles. The van der Waals surface area contributed by atoms with E-state index in [-0.39, 0.29) is 34.6 Å². The number of benzene rings is 1. The minimum absolute atomic E-state index is 0.0423. The Morgan fingerprint density at radius 2 is 2.25 bits per heavy atom. The van der Waals surface area contributed by atoms with Crippen LogP contribution in [0.15, 0.2) is 24.4 Å². The average molecular weight is 479 g/mol. The highest BCUT2D eigenvalue weighted by Crippen LogP contribution is 2.38. The number of hydrogen-bond acceptors (Lipinski definition) is 8. The van der Waals surface area contributed by atoms with Gasteiger partial charge in [0.2, 0.25) is 5.13 Å². The third-order valence-corrected chi connectivity index (χ3v) is 5.95. The lowest BCUT2D eigenvalue weighted by Gasteiger charge is -2.14. The number of anilines is 1. The summed E-state index contributed by atoms with van der Waals surface area (Å²) >= 11 is 7.19. The first-order valence-electron chi connectivity index (χ1n) is 9.78. The molecule has 1 N–H and O–H groups in total. The Kier molecular flexibility index (Phi) is 6.95. The van der Waals surface area contributed by atoms with Crippen LogP contribution in [0.3, 0.4) is 0 Å². The summed E-state index contributed by atoms with van der Waals surface area (Å²) in [6, 6.07) is 4.55. The van der Waals surface area contributed by atoms with Crippen molar-refractivity contribution in [1.82, 2.24) is 15.2 Å². The molecule has 0 bridgehead atoms. The zero-order valence-corrected chi connectivity index (χ0v) is 18.9. The van der Waals surface area contributed by atoms with Crippen molar-refractivity contribution in [3.8, 4) is 16.9 Å². The van der Waals surface area contributed by atoms with Gasteiger partial charge in [0.25, 0.3) is 5.91 Å². The Morgan fingerprint density at radius 3 is 3.00 bits per heavy atom. The molecule has 1 saturated heterocycles. The topological polar surface area (TPSA) is 95.5 Å². The Morgan fingerprint density at radius 1 is 1.41 bits per heavy atom. The van der Waals surface area contributed by atoms with Gasteiger partial charge in [0.05, 0.1) is 36.0 Å². The number of carbonyl (C=O) groups excluding carboxylic acids is 1. The van der Waals surface area contributed by atoms with E-state index in [1.54, 1.807) is 19.1 Å². The van der Waals surface area contributed by atoms with Crippen LogP contribution in [-0.4, -0.2) is 47.5 Å². The number of ether oxygens (including phenoxy) is 3. The van der Waals surface area contributed by atoms with Gasteiger partial charge in [-0.2, -0.15) is 0 Å². The molecule has 0 radical (unpaired) electrons. The molecule has 32 heavy (non-hydrogen) atoms. The molecule has 4 rings (SSSR count). The zero-order chi connectivity index (χ0) is 22.7. The Balaban J connectivity index is 1.57. The number of methoxy groups -OCH3 is 1. The third kappa shape index (κ3) is 4.88. The van der Waals surface area contributed by atoms with Crippen LogP contribution >= 0.6 is 22.9 Å². The summed E-state index contributed by atoms with van der Waals surface area (Å²) < 4.78 is 31.3. The highest BCUT2D eigenvalue weighted by atomic mass is 35.5. The second-order valence-corrected chi connectivity index (χ2v) is 8.53. The summed E-state index contributed by atoms with van der Waals surface area (Å²) in [5.41, 5.74) is 1.14. The Hall–Kier alpha value is -2.66. The number of nitrogens with zero attached hydrogens (tertiary/aromatic N) is 3. The number of nitrogens with one attached hydrogen (secondary N) is 1. The highest BCUT2D eigenvalue weighted by molar-refractivity contribution is 7.15. The van der Waals surface area contributed by atoms with Gasteiger partial charge in [-0.25, -0.2) is 4.39 Å². The van der Waals surface area contributed by atoms with E-state index in [0.29, 0.717) is 34.6 Å².